The lowest BCUT2D eigenvalue weighted by Gasteiger charge is -2.36. The number of nitrogens with zero attached hydrogens (tertiary/aromatic N) is 3. The first kappa shape index (κ1) is 16.3. The van der Waals surface area contributed by atoms with Crippen LogP contribution in [0, 0.1) is 5.92 Å². The third kappa shape index (κ3) is 2.66. The first-order chi connectivity index (χ1) is 13.2. The quantitative estimate of drug-likeness (QED) is 0.716. The van der Waals surface area contributed by atoms with Crippen molar-refractivity contribution in [2.24, 2.45) is 5.92 Å². The van der Waals surface area contributed by atoms with E-state index in [2.05, 4.69) is 16.4 Å². The van der Waals surface area contributed by atoms with Gasteiger partial charge in [-0.05, 0) is 18.1 Å². The summed E-state index contributed by atoms with van der Waals surface area (Å²) in [6, 6.07) is 17.2. The van der Waals surface area contributed by atoms with Gasteiger partial charge < -0.3 is 5.32 Å². The Morgan fingerprint density at radius 1 is 1.07 bits per heavy atom. The van der Waals surface area contributed by atoms with Crippen molar-refractivity contribution in [1.29, 1.82) is 0 Å². The van der Waals surface area contributed by atoms with E-state index in [1.165, 1.54) is 0 Å². The third-order valence-electron chi connectivity index (χ3n) is 5.16. The molecule has 1 aliphatic carbocycles. The van der Waals surface area contributed by atoms with E-state index in [1.54, 1.807) is 0 Å². The maximum absolute atomic E-state index is 12.8. The lowest BCUT2D eigenvalue weighted by molar-refractivity contribution is -0.123. The van der Waals surface area contributed by atoms with Crippen molar-refractivity contribution in [2.75, 3.05) is 5.32 Å². The van der Waals surface area contributed by atoms with Gasteiger partial charge in [-0.2, -0.15) is 4.98 Å². The summed E-state index contributed by atoms with van der Waals surface area (Å²) in [4.78, 5) is 17.5. The van der Waals surface area contributed by atoms with Crippen LogP contribution < -0.4 is 5.32 Å². The Kier molecular flexibility index (Phi) is 3.83. The van der Waals surface area contributed by atoms with Gasteiger partial charge in [0.05, 0.1) is 12.0 Å². The van der Waals surface area contributed by atoms with Crippen molar-refractivity contribution < 1.29 is 4.79 Å². The second-order valence-corrected chi connectivity index (χ2v) is 7.21. The van der Waals surface area contributed by atoms with Crippen molar-refractivity contribution >= 4 is 23.3 Å². The number of nitrogens with one attached hydrogen (secondary N) is 1. The number of aromatic nitrogens is 3. The maximum Gasteiger partial charge on any atom is 0.226 e. The van der Waals surface area contributed by atoms with E-state index in [0.29, 0.717) is 23.2 Å². The summed E-state index contributed by atoms with van der Waals surface area (Å²) in [5.41, 5.74) is 2.72. The molecule has 3 aromatic rings. The Labute approximate surface area is 161 Å². The van der Waals surface area contributed by atoms with E-state index in [4.69, 9.17) is 16.7 Å². The zero-order valence-electron chi connectivity index (χ0n) is 14.5. The van der Waals surface area contributed by atoms with Crippen LogP contribution in [0.2, 0.25) is 5.02 Å². The van der Waals surface area contributed by atoms with Gasteiger partial charge in [0, 0.05) is 22.7 Å². The van der Waals surface area contributed by atoms with Gasteiger partial charge in [0.25, 0.3) is 0 Å². The van der Waals surface area contributed by atoms with Crippen molar-refractivity contribution in [1.82, 2.24) is 14.8 Å². The Balaban J connectivity index is 1.71. The van der Waals surface area contributed by atoms with E-state index < -0.39 is 0 Å². The largest absolute Gasteiger partial charge is 0.328 e. The van der Waals surface area contributed by atoms with Crippen molar-refractivity contribution in [3.05, 3.63) is 77.0 Å². The highest BCUT2D eigenvalue weighted by atomic mass is 35.5. The molecule has 5 rings (SSSR count). The zero-order valence-corrected chi connectivity index (χ0v) is 15.2. The standard InChI is InChI=1S/C21H17ClN4O/c22-15-10-5-4-9-14(15)19-18-16(11-6-12-17(18)27)23-21-24-20(25-26(19)21)13-7-2-1-3-8-13/h1-5,7-11,18-19H,6,12H2,(H,23,24,25). The average Bonchev–Trinajstić information content (AvgIpc) is 3.12. The Bertz CT molecular complexity index is 1060. The molecule has 0 radical (unpaired) electrons. The van der Waals surface area contributed by atoms with E-state index in [1.807, 2.05) is 59.3 Å². The first-order valence-corrected chi connectivity index (χ1v) is 9.36. The molecule has 1 N–H and O–H groups in total. The van der Waals surface area contributed by atoms with Crippen molar-refractivity contribution in [3.63, 3.8) is 0 Å². The molecule has 0 spiro atoms. The molecule has 2 heterocycles. The Hall–Kier alpha value is -2.92. The smallest absolute Gasteiger partial charge is 0.226 e. The van der Waals surface area contributed by atoms with E-state index in [0.717, 1.165) is 23.2 Å². The highest BCUT2D eigenvalue weighted by Crippen LogP contribution is 2.43. The highest BCUT2D eigenvalue weighted by Gasteiger charge is 2.42. The van der Waals surface area contributed by atoms with Gasteiger partial charge in [-0.1, -0.05) is 66.2 Å². The SMILES string of the molecule is O=C1CCC=C2Nc3nc(-c4ccccc4)nn3C(c3ccccc3Cl)C12. The van der Waals surface area contributed by atoms with Gasteiger partial charge in [0.15, 0.2) is 5.82 Å². The summed E-state index contributed by atoms with van der Waals surface area (Å²) in [6.45, 7) is 0. The molecular formula is C21H17ClN4O. The van der Waals surface area contributed by atoms with E-state index in [9.17, 15) is 4.79 Å². The van der Waals surface area contributed by atoms with Crippen molar-refractivity contribution in [2.45, 2.75) is 18.9 Å². The van der Waals surface area contributed by atoms with E-state index in [-0.39, 0.29) is 17.7 Å². The Morgan fingerprint density at radius 2 is 1.85 bits per heavy atom. The number of anilines is 1. The Morgan fingerprint density at radius 3 is 2.67 bits per heavy atom. The molecule has 1 aromatic heterocycles. The lowest BCUT2D eigenvalue weighted by atomic mass is 9.81. The number of halogens is 1. The summed E-state index contributed by atoms with van der Waals surface area (Å²) in [5.74, 6) is 1.14. The predicted octanol–water partition coefficient (Wildman–Crippen LogP) is 4.48. The van der Waals surface area contributed by atoms with Gasteiger partial charge in [-0.15, -0.1) is 5.10 Å². The number of rotatable bonds is 2. The molecule has 5 nitrogen and oxygen atoms in total. The van der Waals surface area contributed by atoms with Crippen molar-refractivity contribution in [3.8, 4) is 11.4 Å². The molecule has 2 aliphatic rings. The summed E-state index contributed by atoms with van der Waals surface area (Å²) >= 11 is 6.51. The van der Waals surface area contributed by atoms with Crippen LogP contribution in [0.25, 0.3) is 11.4 Å². The molecule has 1 aliphatic heterocycles. The summed E-state index contributed by atoms with van der Waals surface area (Å²) < 4.78 is 1.81. The molecule has 0 saturated heterocycles. The van der Waals surface area contributed by atoms with E-state index >= 15 is 0 Å². The van der Waals surface area contributed by atoms with Crippen LogP contribution in [-0.4, -0.2) is 20.5 Å². The first-order valence-electron chi connectivity index (χ1n) is 8.98. The monoisotopic (exact) mass is 376 g/mol. The molecule has 6 heteroatoms. The van der Waals surface area contributed by atoms with Gasteiger partial charge in [0.2, 0.25) is 5.95 Å². The normalized spacial score (nSPS) is 21.1. The van der Waals surface area contributed by atoms with Gasteiger partial charge in [-0.3, -0.25) is 4.79 Å². The van der Waals surface area contributed by atoms with Crippen LogP contribution in [0.3, 0.4) is 0 Å². The molecule has 0 bridgehead atoms. The fourth-order valence-electron chi connectivity index (χ4n) is 3.91. The van der Waals surface area contributed by atoms with Crippen LogP contribution in [0.15, 0.2) is 66.4 Å². The van der Waals surface area contributed by atoms with Crippen LogP contribution >= 0.6 is 11.6 Å². The fourth-order valence-corrected chi connectivity index (χ4v) is 4.16. The van der Waals surface area contributed by atoms with Gasteiger partial charge >= 0.3 is 0 Å². The summed E-state index contributed by atoms with van der Waals surface area (Å²) in [7, 11) is 0. The van der Waals surface area contributed by atoms with Crippen LogP contribution in [0.5, 0.6) is 0 Å². The van der Waals surface area contributed by atoms with Crippen LogP contribution in [0.1, 0.15) is 24.4 Å². The maximum atomic E-state index is 12.8. The number of hydrogen-bond donors (Lipinski definition) is 1. The number of benzene rings is 2. The minimum absolute atomic E-state index is 0.201. The summed E-state index contributed by atoms with van der Waals surface area (Å²) in [5, 5.41) is 8.71. The lowest BCUT2D eigenvalue weighted by Crippen LogP contribution is -2.38. The fraction of sp³-hybridized carbons (Fsp3) is 0.190. The third-order valence-corrected chi connectivity index (χ3v) is 5.50. The minimum Gasteiger partial charge on any atom is -0.328 e. The number of allylic oxidation sites excluding steroid dienone is 2. The van der Waals surface area contributed by atoms with Crippen LogP contribution in [0.4, 0.5) is 5.95 Å². The highest BCUT2D eigenvalue weighted by molar-refractivity contribution is 6.31. The molecule has 0 fully saturated rings. The minimum atomic E-state index is -0.323. The molecule has 27 heavy (non-hydrogen) atoms. The molecule has 134 valence electrons. The molecule has 2 aromatic carbocycles. The number of fused-ring (bicyclic) bond motifs is 2. The second kappa shape index (κ2) is 6.35. The number of hydrogen-bond acceptors (Lipinski definition) is 4. The molecule has 2 unspecified atom stereocenters. The molecule has 0 amide bonds. The number of carbonyl (C=O) groups is 1. The topological polar surface area (TPSA) is 59.8 Å². The predicted molar refractivity (Wildman–Crippen MR) is 104 cm³/mol. The zero-order chi connectivity index (χ0) is 18.4. The number of Topliss-reactive ketones (excluding diaryl/α,β-unsaturated/α-hetero) is 1. The van der Waals surface area contributed by atoms with Gasteiger partial charge in [-0.25, -0.2) is 4.68 Å². The van der Waals surface area contributed by atoms with Crippen LogP contribution in [-0.2, 0) is 4.79 Å². The number of ketones is 1. The molecule has 2 atom stereocenters. The second-order valence-electron chi connectivity index (χ2n) is 6.80. The average molecular weight is 377 g/mol. The summed E-state index contributed by atoms with van der Waals surface area (Å²) in [6.07, 6.45) is 3.37. The molecule has 0 saturated carbocycles. The van der Waals surface area contributed by atoms with Gasteiger partial charge in [0.1, 0.15) is 5.78 Å². The molecular weight excluding hydrogens is 360 g/mol. The number of carbonyl (C=O) groups excluding carboxylic acids is 1.